The highest BCUT2D eigenvalue weighted by Gasteiger charge is 2.24. The van der Waals surface area contributed by atoms with Crippen LogP contribution >= 0.6 is 12.4 Å². The van der Waals surface area contributed by atoms with Crippen LogP contribution in [0.25, 0.3) is 10.9 Å². The number of hydrogen-bond acceptors (Lipinski definition) is 4. The molecule has 0 aliphatic rings. The van der Waals surface area contributed by atoms with Crippen molar-refractivity contribution in [3.8, 4) is 5.88 Å². The minimum absolute atomic E-state index is 0. The summed E-state index contributed by atoms with van der Waals surface area (Å²) in [4.78, 5) is 4.24. The zero-order valence-corrected chi connectivity index (χ0v) is 14.8. The molecule has 1 aromatic carbocycles. The lowest BCUT2D eigenvalue weighted by atomic mass is 10.0. The van der Waals surface area contributed by atoms with Crippen molar-refractivity contribution in [3.63, 3.8) is 0 Å². The molecule has 3 rings (SSSR count). The van der Waals surface area contributed by atoms with E-state index in [2.05, 4.69) is 10.3 Å². The summed E-state index contributed by atoms with van der Waals surface area (Å²) < 4.78 is 20.8. The molecule has 2 N–H and O–H groups in total. The van der Waals surface area contributed by atoms with Crippen LogP contribution < -0.4 is 10.1 Å². The molecule has 0 radical (unpaired) electrons. The summed E-state index contributed by atoms with van der Waals surface area (Å²) in [6.07, 6.45) is 2.85. The number of benzene rings is 1. The number of halogens is 2. The normalized spacial score (nSPS) is 13.3. The summed E-state index contributed by atoms with van der Waals surface area (Å²) in [6, 6.07) is 9.64. The van der Waals surface area contributed by atoms with Crippen molar-refractivity contribution in [2.24, 2.45) is 0 Å². The fraction of sp³-hybridized carbons (Fsp3) is 0.278. The maximum atomic E-state index is 13.7. The third kappa shape index (κ3) is 3.92. The van der Waals surface area contributed by atoms with Crippen LogP contribution in [0.2, 0.25) is 0 Å². The first-order valence-electron chi connectivity index (χ1n) is 7.72. The summed E-state index contributed by atoms with van der Waals surface area (Å²) in [7, 11) is 3.34. The van der Waals surface area contributed by atoms with Crippen LogP contribution in [0.15, 0.2) is 48.8 Å². The number of fused-ring (bicyclic) bond motifs is 1. The van der Waals surface area contributed by atoms with Crippen LogP contribution in [-0.2, 0) is 0 Å². The lowest BCUT2D eigenvalue weighted by Gasteiger charge is -2.26. The van der Waals surface area contributed by atoms with E-state index in [0.29, 0.717) is 18.0 Å². The Bertz CT molecular complexity index is 840. The van der Waals surface area contributed by atoms with Gasteiger partial charge in [-0.05, 0) is 30.8 Å². The molecule has 0 aliphatic carbocycles. The van der Waals surface area contributed by atoms with Crippen molar-refractivity contribution >= 4 is 23.3 Å². The second-order valence-corrected chi connectivity index (χ2v) is 5.63. The summed E-state index contributed by atoms with van der Waals surface area (Å²) in [5.41, 5.74) is 1.55. The number of methoxy groups -OCH3 is 1. The first kappa shape index (κ1) is 19.2. The van der Waals surface area contributed by atoms with Gasteiger partial charge in [0.05, 0.1) is 31.0 Å². The Balaban J connectivity index is 0.00000225. The molecular weight excluding hydrogens is 345 g/mol. The number of aliphatic hydroxyl groups excluding tert-OH is 1. The molecule has 0 bridgehead atoms. The molecule has 25 heavy (non-hydrogen) atoms. The van der Waals surface area contributed by atoms with E-state index in [4.69, 9.17) is 4.74 Å². The van der Waals surface area contributed by atoms with Crippen molar-refractivity contribution < 1.29 is 14.2 Å². The lowest BCUT2D eigenvalue weighted by Crippen LogP contribution is -2.33. The molecule has 0 aliphatic heterocycles. The summed E-state index contributed by atoms with van der Waals surface area (Å²) >= 11 is 0. The molecule has 0 saturated heterocycles. The number of aromatic nitrogens is 2. The third-order valence-corrected chi connectivity index (χ3v) is 4.06. The molecule has 7 heteroatoms. The second-order valence-electron chi connectivity index (χ2n) is 5.63. The van der Waals surface area contributed by atoms with Gasteiger partial charge in [-0.3, -0.25) is 0 Å². The molecule has 0 fully saturated rings. The molecule has 2 atom stereocenters. The molecule has 0 unspecified atom stereocenters. The van der Waals surface area contributed by atoms with Gasteiger partial charge < -0.3 is 19.7 Å². The molecular formula is C18H21ClFN3O2. The molecule has 134 valence electrons. The number of likely N-dealkylation sites (N-methyl/N-ethyl adjacent to an activating group) is 1. The molecule has 0 amide bonds. The van der Waals surface area contributed by atoms with Gasteiger partial charge >= 0.3 is 0 Å². The first-order valence-corrected chi connectivity index (χ1v) is 7.72. The van der Waals surface area contributed by atoms with Gasteiger partial charge in [0.1, 0.15) is 5.82 Å². The molecule has 3 aromatic rings. The maximum Gasteiger partial charge on any atom is 0.213 e. The number of aliphatic hydroxyl groups is 1. The molecule has 5 nitrogen and oxygen atoms in total. The van der Waals surface area contributed by atoms with Crippen molar-refractivity contribution in [2.45, 2.75) is 12.1 Å². The number of rotatable bonds is 6. The van der Waals surface area contributed by atoms with Crippen molar-refractivity contribution in [2.75, 3.05) is 20.7 Å². The van der Waals surface area contributed by atoms with E-state index < -0.39 is 12.1 Å². The van der Waals surface area contributed by atoms with Gasteiger partial charge in [0.15, 0.2) is 0 Å². The number of pyridine rings is 1. The Morgan fingerprint density at radius 3 is 2.80 bits per heavy atom. The molecule has 2 heterocycles. The highest BCUT2D eigenvalue weighted by Crippen LogP contribution is 2.29. The van der Waals surface area contributed by atoms with E-state index >= 15 is 0 Å². The number of hydrogen-bond donors (Lipinski definition) is 2. The average molecular weight is 366 g/mol. The Hall–Kier alpha value is -2.15. The van der Waals surface area contributed by atoms with E-state index in [1.165, 1.54) is 12.1 Å². The Kier molecular flexibility index (Phi) is 6.36. The van der Waals surface area contributed by atoms with Gasteiger partial charge in [-0.1, -0.05) is 12.1 Å². The first-order chi connectivity index (χ1) is 11.6. The van der Waals surface area contributed by atoms with E-state index in [9.17, 15) is 9.50 Å². The number of nitrogens with zero attached hydrogens (tertiary/aromatic N) is 2. The van der Waals surface area contributed by atoms with Crippen LogP contribution in [0.4, 0.5) is 4.39 Å². The minimum Gasteiger partial charge on any atom is -0.481 e. The number of ether oxygens (including phenoxy) is 1. The van der Waals surface area contributed by atoms with Crippen LogP contribution in [0.1, 0.15) is 11.6 Å². The Morgan fingerprint density at radius 1 is 1.32 bits per heavy atom. The standard InChI is InChI=1S/C18H20FN3O2.ClH/c1-20-11-16(23)18(13-4-3-5-14(19)8-13)22-7-6-12-9-17(24-2)21-10-15(12)22;/h3-10,16,18,20,23H,11H2,1-2H3;1H/t16-,18+;/m1./s1. The summed E-state index contributed by atoms with van der Waals surface area (Å²) in [5, 5.41) is 14.5. The van der Waals surface area contributed by atoms with Gasteiger partial charge in [-0.2, -0.15) is 0 Å². The van der Waals surface area contributed by atoms with Gasteiger partial charge in [-0.25, -0.2) is 9.37 Å². The fourth-order valence-corrected chi connectivity index (χ4v) is 2.97. The minimum atomic E-state index is -0.727. The second kappa shape index (κ2) is 8.29. The maximum absolute atomic E-state index is 13.7. The molecule has 2 aromatic heterocycles. The van der Waals surface area contributed by atoms with Gasteiger partial charge in [0.25, 0.3) is 0 Å². The molecule has 0 spiro atoms. The van der Waals surface area contributed by atoms with E-state index in [1.54, 1.807) is 26.4 Å². The Labute approximate surface area is 151 Å². The highest BCUT2D eigenvalue weighted by molar-refractivity contribution is 5.85. The average Bonchev–Trinajstić information content (AvgIpc) is 2.98. The zero-order valence-electron chi connectivity index (χ0n) is 14.0. The molecule has 0 saturated carbocycles. The van der Waals surface area contributed by atoms with E-state index in [-0.39, 0.29) is 18.2 Å². The SMILES string of the molecule is CNC[C@@H](O)[C@H](c1cccc(F)c1)n1ccc2cc(OC)ncc21.Cl. The van der Waals surface area contributed by atoms with Crippen LogP contribution in [-0.4, -0.2) is 41.5 Å². The van der Waals surface area contributed by atoms with Crippen molar-refractivity contribution in [1.29, 1.82) is 0 Å². The highest BCUT2D eigenvalue weighted by atomic mass is 35.5. The quantitative estimate of drug-likeness (QED) is 0.705. The monoisotopic (exact) mass is 365 g/mol. The van der Waals surface area contributed by atoms with Crippen LogP contribution in [0.3, 0.4) is 0 Å². The van der Waals surface area contributed by atoms with Crippen LogP contribution in [0, 0.1) is 5.82 Å². The van der Waals surface area contributed by atoms with Crippen LogP contribution in [0.5, 0.6) is 5.88 Å². The summed E-state index contributed by atoms with van der Waals surface area (Å²) in [5.74, 6) is 0.198. The van der Waals surface area contributed by atoms with Gasteiger partial charge in [0.2, 0.25) is 5.88 Å². The van der Waals surface area contributed by atoms with Gasteiger partial charge in [-0.15, -0.1) is 12.4 Å². The topological polar surface area (TPSA) is 59.3 Å². The third-order valence-electron chi connectivity index (χ3n) is 4.06. The number of nitrogens with one attached hydrogen (secondary N) is 1. The predicted molar refractivity (Wildman–Crippen MR) is 98.0 cm³/mol. The van der Waals surface area contributed by atoms with Crippen molar-refractivity contribution in [1.82, 2.24) is 14.9 Å². The fourth-order valence-electron chi connectivity index (χ4n) is 2.97. The predicted octanol–water partition coefficient (Wildman–Crippen LogP) is 2.78. The van der Waals surface area contributed by atoms with Gasteiger partial charge in [0, 0.05) is 24.2 Å². The zero-order chi connectivity index (χ0) is 17.1. The summed E-state index contributed by atoms with van der Waals surface area (Å²) in [6.45, 7) is 0.379. The largest absolute Gasteiger partial charge is 0.481 e. The lowest BCUT2D eigenvalue weighted by molar-refractivity contribution is 0.132. The Morgan fingerprint density at radius 2 is 2.12 bits per heavy atom. The van der Waals surface area contributed by atoms with Crippen molar-refractivity contribution in [3.05, 3.63) is 60.2 Å². The van der Waals surface area contributed by atoms with E-state index in [1.807, 2.05) is 29.0 Å². The smallest absolute Gasteiger partial charge is 0.213 e. The van der Waals surface area contributed by atoms with E-state index in [0.717, 1.165) is 10.9 Å².